The predicted molar refractivity (Wildman–Crippen MR) is 95.8 cm³/mol. The van der Waals surface area contributed by atoms with E-state index in [9.17, 15) is 4.79 Å². The van der Waals surface area contributed by atoms with E-state index in [0.717, 1.165) is 5.56 Å². The van der Waals surface area contributed by atoms with Crippen LogP contribution in [0.15, 0.2) is 58.2 Å². The lowest BCUT2D eigenvalue weighted by molar-refractivity contribution is 0.0993. The van der Waals surface area contributed by atoms with E-state index in [2.05, 4.69) is 10.2 Å². The molecule has 3 aromatic rings. The Morgan fingerprint density at radius 3 is 2.21 bits per heavy atom. The van der Waals surface area contributed by atoms with Gasteiger partial charge < -0.3 is 4.42 Å². The predicted octanol–water partition coefficient (Wildman–Crippen LogP) is 5.41. The number of nitrogens with zero attached hydrogens (tertiary/aromatic N) is 2. The summed E-state index contributed by atoms with van der Waals surface area (Å²) in [6, 6.07) is 13.9. The van der Waals surface area contributed by atoms with E-state index in [1.807, 2.05) is 0 Å². The number of halogens is 2. The lowest BCUT2D eigenvalue weighted by Crippen LogP contribution is -2.13. The quantitative estimate of drug-likeness (QED) is 0.438. The number of hydrogen-bond donors (Lipinski definition) is 0. The molecule has 7 heteroatoms. The lowest BCUT2D eigenvalue weighted by Gasteiger charge is -2.07. The number of carbonyl (C=O) groups excluding carboxylic acids is 1. The first-order valence-corrected chi connectivity index (χ1v) is 8.72. The Kier molecular flexibility index (Phi) is 5.23. The van der Waals surface area contributed by atoms with E-state index in [-0.39, 0.29) is 11.0 Å². The van der Waals surface area contributed by atoms with Crippen molar-refractivity contribution in [1.82, 2.24) is 10.2 Å². The molecular formula is C17H12Cl2N2O2S. The van der Waals surface area contributed by atoms with Crippen LogP contribution in [0.5, 0.6) is 0 Å². The number of rotatable bonds is 5. The van der Waals surface area contributed by atoms with Gasteiger partial charge >= 0.3 is 0 Å². The summed E-state index contributed by atoms with van der Waals surface area (Å²) in [5.41, 5.74) is 1.37. The Hall–Kier alpha value is -1.82. The molecule has 0 bridgehead atoms. The van der Waals surface area contributed by atoms with Crippen molar-refractivity contribution in [2.24, 2.45) is 0 Å². The summed E-state index contributed by atoms with van der Waals surface area (Å²) in [6.07, 6.45) is 0. The molecule has 0 N–H and O–H groups in total. The average Bonchev–Trinajstić information content (AvgIpc) is 3.04. The number of ketones is 1. The highest BCUT2D eigenvalue weighted by atomic mass is 35.5. The van der Waals surface area contributed by atoms with Crippen LogP contribution in [0.25, 0.3) is 11.5 Å². The van der Waals surface area contributed by atoms with Crippen molar-refractivity contribution < 1.29 is 9.21 Å². The molecule has 0 fully saturated rings. The Morgan fingerprint density at radius 1 is 1.00 bits per heavy atom. The fourth-order valence-electron chi connectivity index (χ4n) is 2.02. The topological polar surface area (TPSA) is 56.0 Å². The van der Waals surface area contributed by atoms with Gasteiger partial charge in [-0.3, -0.25) is 4.79 Å². The fourth-order valence-corrected chi connectivity index (χ4v) is 3.03. The van der Waals surface area contributed by atoms with Crippen LogP contribution in [0.1, 0.15) is 17.3 Å². The molecule has 2 aromatic carbocycles. The monoisotopic (exact) mass is 378 g/mol. The molecule has 1 heterocycles. The van der Waals surface area contributed by atoms with Gasteiger partial charge in [-0.1, -0.05) is 35.0 Å². The molecule has 1 atom stereocenters. The molecule has 1 unspecified atom stereocenters. The molecule has 4 nitrogen and oxygen atoms in total. The second-order valence-electron chi connectivity index (χ2n) is 5.01. The van der Waals surface area contributed by atoms with E-state index in [1.165, 1.54) is 11.8 Å². The van der Waals surface area contributed by atoms with E-state index in [4.69, 9.17) is 27.6 Å². The summed E-state index contributed by atoms with van der Waals surface area (Å²) in [4.78, 5) is 12.4. The van der Waals surface area contributed by atoms with Gasteiger partial charge in [-0.15, -0.1) is 10.2 Å². The molecule has 0 aliphatic rings. The normalized spacial score (nSPS) is 12.1. The summed E-state index contributed by atoms with van der Waals surface area (Å²) < 4.78 is 5.61. The van der Waals surface area contributed by atoms with Crippen molar-refractivity contribution in [3.63, 3.8) is 0 Å². The zero-order chi connectivity index (χ0) is 17.1. The first-order valence-electron chi connectivity index (χ1n) is 7.09. The van der Waals surface area contributed by atoms with Crippen LogP contribution in [-0.4, -0.2) is 21.2 Å². The van der Waals surface area contributed by atoms with Gasteiger partial charge in [-0.25, -0.2) is 0 Å². The van der Waals surface area contributed by atoms with Gasteiger partial charge in [0.1, 0.15) is 0 Å². The van der Waals surface area contributed by atoms with Crippen molar-refractivity contribution >= 4 is 40.7 Å². The maximum Gasteiger partial charge on any atom is 0.277 e. The molecule has 1 aromatic heterocycles. The third-order valence-corrected chi connectivity index (χ3v) is 4.71. The number of benzene rings is 2. The van der Waals surface area contributed by atoms with Crippen LogP contribution in [0.3, 0.4) is 0 Å². The SMILES string of the molecule is CC(Sc1nnc(-c2ccc(Cl)cc2)o1)C(=O)c1ccc(Cl)cc1. The average molecular weight is 379 g/mol. The zero-order valence-electron chi connectivity index (χ0n) is 12.6. The van der Waals surface area contributed by atoms with Gasteiger partial charge in [-0.2, -0.15) is 0 Å². The number of Topliss-reactive ketones (excluding diaryl/α,β-unsaturated/α-hetero) is 1. The molecule has 122 valence electrons. The Bertz CT molecular complexity index is 848. The van der Waals surface area contributed by atoms with Crippen molar-refractivity contribution in [3.05, 3.63) is 64.1 Å². The molecule has 0 spiro atoms. The highest BCUT2D eigenvalue weighted by Gasteiger charge is 2.20. The molecule has 0 aliphatic heterocycles. The maximum absolute atomic E-state index is 12.4. The summed E-state index contributed by atoms with van der Waals surface area (Å²) in [5.74, 6) is 0.364. The van der Waals surface area contributed by atoms with Crippen molar-refractivity contribution in [3.8, 4) is 11.5 Å². The molecular weight excluding hydrogens is 367 g/mol. The van der Waals surface area contributed by atoms with Crippen LogP contribution in [0.4, 0.5) is 0 Å². The number of carbonyl (C=O) groups is 1. The van der Waals surface area contributed by atoms with Crippen LogP contribution in [-0.2, 0) is 0 Å². The second-order valence-corrected chi connectivity index (χ2v) is 7.18. The first kappa shape index (κ1) is 17.0. The largest absolute Gasteiger partial charge is 0.411 e. The Balaban J connectivity index is 1.70. The number of aromatic nitrogens is 2. The minimum Gasteiger partial charge on any atom is -0.411 e. The minimum absolute atomic E-state index is 0.0251. The van der Waals surface area contributed by atoms with Gasteiger partial charge in [0.15, 0.2) is 5.78 Å². The Morgan fingerprint density at radius 2 is 1.58 bits per heavy atom. The highest BCUT2D eigenvalue weighted by Crippen LogP contribution is 2.28. The summed E-state index contributed by atoms with van der Waals surface area (Å²) in [5, 5.41) is 9.20. The highest BCUT2D eigenvalue weighted by molar-refractivity contribution is 8.00. The van der Waals surface area contributed by atoms with E-state index < -0.39 is 0 Å². The summed E-state index contributed by atoms with van der Waals surface area (Å²) in [6.45, 7) is 1.80. The van der Waals surface area contributed by atoms with Crippen molar-refractivity contribution in [1.29, 1.82) is 0 Å². The van der Waals surface area contributed by atoms with Crippen LogP contribution >= 0.6 is 35.0 Å². The summed E-state index contributed by atoms with van der Waals surface area (Å²) in [7, 11) is 0. The van der Waals surface area contributed by atoms with E-state index in [1.54, 1.807) is 55.5 Å². The standard InChI is InChI=1S/C17H12Cl2N2O2S/c1-10(15(22)11-2-6-13(18)7-3-11)24-17-21-20-16(23-17)12-4-8-14(19)9-5-12/h2-10H,1H3. The van der Waals surface area contributed by atoms with Gasteiger partial charge in [0.2, 0.25) is 5.89 Å². The van der Waals surface area contributed by atoms with Crippen LogP contribution in [0.2, 0.25) is 10.0 Å². The third kappa shape index (κ3) is 3.98. The van der Waals surface area contributed by atoms with Crippen LogP contribution < -0.4 is 0 Å². The van der Waals surface area contributed by atoms with Gasteiger partial charge in [0, 0.05) is 21.2 Å². The van der Waals surface area contributed by atoms with Gasteiger partial charge in [0.25, 0.3) is 5.22 Å². The molecule has 3 rings (SSSR count). The number of thioether (sulfide) groups is 1. The number of hydrogen-bond acceptors (Lipinski definition) is 5. The summed E-state index contributed by atoms with van der Waals surface area (Å²) >= 11 is 12.9. The lowest BCUT2D eigenvalue weighted by atomic mass is 10.1. The first-order chi connectivity index (χ1) is 11.5. The third-order valence-electron chi connectivity index (χ3n) is 3.27. The molecule has 0 saturated heterocycles. The molecule has 0 saturated carbocycles. The Labute approximate surface area is 153 Å². The van der Waals surface area contributed by atoms with E-state index in [0.29, 0.717) is 26.7 Å². The minimum atomic E-state index is -0.357. The van der Waals surface area contributed by atoms with Crippen LogP contribution in [0, 0.1) is 0 Å². The fraction of sp³-hybridized carbons (Fsp3) is 0.118. The maximum atomic E-state index is 12.4. The van der Waals surface area contributed by atoms with Crippen molar-refractivity contribution in [2.75, 3.05) is 0 Å². The smallest absolute Gasteiger partial charge is 0.277 e. The zero-order valence-corrected chi connectivity index (χ0v) is 14.9. The van der Waals surface area contributed by atoms with Crippen molar-refractivity contribution in [2.45, 2.75) is 17.4 Å². The second kappa shape index (κ2) is 7.38. The molecule has 0 radical (unpaired) electrons. The molecule has 0 amide bonds. The molecule has 24 heavy (non-hydrogen) atoms. The van der Waals surface area contributed by atoms with E-state index >= 15 is 0 Å². The van der Waals surface area contributed by atoms with Gasteiger partial charge in [0.05, 0.1) is 5.25 Å². The van der Waals surface area contributed by atoms with Gasteiger partial charge in [-0.05, 0) is 55.5 Å². The molecule has 0 aliphatic carbocycles.